The summed E-state index contributed by atoms with van der Waals surface area (Å²) in [6.45, 7) is 0. The predicted octanol–water partition coefficient (Wildman–Crippen LogP) is 6.20. The van der Waals surface area contributed by atoms with E-state index in [0.717, 1.165) is 5.76 Å². The van der Waals surface area contributed by atoms with E-state index >= 15 is 0 Å². The van der Waals surface area contributed by atoms with Gasteiger partial charge in [0, 0.05) is 0 Å². The van der Waals surface area contributed by atoms with Gasteiger partial charge < -0.3 is 0 Å². The van der Waals surface area contributed by atoms with E-state index in [0.29, 0.717) is 11.7 Å². The van der Waals surface area contributed by atoms with Crippen LogP contribution in [0.1, 0.15) is 16.1 Å². The summed E-state index contributed by atoms with van der Waals surface area (Å²) < 4.78 is 5.93. The number of ketones is 1. The van der Waals surface area contributed by atoms with Gasteiger partial charge in [-0.15, -0.1) is 0 Å². The normalized spacial score (nSPS) is 12.8. The zero-order chi connectivity index (χ0) is 21.1. The molecule has 1 aromatic heterocycles. The van der Waals surface area contributed by atoms with Crippen LogP contribution >= 0.6 is 36.7 Å². The Balaban J connectivity index is 2.01. The second-order valence-corrected chi connectivity index (χ2v) is 16.7. The molecule has 3 aromatic carbocycles. The molecule has 1 heterocycles. The second kappa shape index (κ2) is 8.63. The van der Waals surface area contributed by atoms with Crippen molar-refractivity contribution in [3.05, 3.63) is 115 Å². The van der Waals surface area contributed by atoms with Crippen LogP contribution in [0.5, 0.6) is 0 Å². The molecule has 4 rings (SSSR count). The molecule has 0 fully saturated rings. The van der Waals surface area contributed by atoms with Crippen molar-refractivity contribution in [2.75, 3.05) is 5.33 Å². The summed E-state index contributed by atoms with van der Waals surface area (Å²) in [6, 6.07) is 33.5. The zero-order valence-electron chi connectivity index (χ0n) is 16.2. The SMILES string of the molecule is O=C(CBr)c1coc(CP(Br)(c2ccccc2)(c2ccccc2)c2ccccc2)c1. The number of alkyl halides is 1. The molecular weight excluding hydrogens is 523 g/mol. The van der Waals surface area contributed by atoms with Crippen LogP contribution in [-0.2, 0) is 6.16 Å². The summed E-state index contributed by atoms with van der Waals surface area (Å²) in [5, 5.41) is 0.801. The van der Waals surface area contributed by atoms with E-state index in [2.05, 4.69) is 104 Å². The van der Waals surface area contributed by atoms with Crippen molar-refractivity contribution in [3.63, 3.8) is 0 Å². The number of hydrogen-bond donors (Lipinski definition) is 0. The van der Waals surface area contributed by atoms with E-state index < -0.39 is 5.31 Å². The minimum atomic E-state index is -3.12. The van der Waals surface area contributed by atoms with Crippen LogP contribution in [0, 0.1) is 0 Å². The van der Waals surface area contributed by atoms with Gasteiger partial charge in [-0.25, -0.2) is 0 Å². The first kappa shape index (κ1) is 21.2. The first-order valence-electron chi connectivity index (χ1n) is 9.62. The number of carbonyl (C=O) groups excluding carboxylic acids is 1. The third kappa shape index (κ3) is 3.62. The van der Waals surface area contributed by atoms with Gasteiger partial charge in [-0.05, 0) is 0 Å². The molecule has 0 saturated heterocycles. The summed E-state index contributed by atoms with van der Waals surface area (Å²) in [4.78, 5) is 12.2. The maximum absolute atomic E-state index is 12.2. The van der Waals surface area contributed by atoms with E-state index in [1.54, 1.807) is 6.26 Å². The molecule has 30 heavy (non-hydrogen) atoms. The molecule has 0 bridgehead atoms. The van der Waals surface area contributed by atoms with Gasteiger partial charge in [0.2, 0.25) is 0 Å². The molecule has 0 saturated carbocycles. The molecule has 0 N–H and O–H groups in total. The number of Topliss-reactive ketones (excluding diaryl/α,β-unsaturated/α-hetero) is 1. The zero-order valence-corrected chi connectivity index (χ0v) is 20.3. The molecule has 0 radical (unpaired) electrons. The summed E-state index contributed by atoms with van der Waals surface area (Å²) >= 11 is 7.64. The standard InChI is InChI=1S/C25H21Br2O2P/c26-17-25(28)20-16-21(29-18-20)19-30(27,22-10-4-1-5-11-22,23-12-6-2-7-13-23)24-14-8-3-9-15-24/h1-16,18H,17,19H2. The van der Waals surface area contributed by atoms with Crippen LogP contribution in [0.15, 0.2) is 108 Å². The van der Waals surface area contributed by atoms with Crippen molar-refractivity contribution in [3.8, 4) is 0 Å². The van der Waals surface area contributed by atoms with E-state index in [4.69, 9.17) is 4.42 Å². The van der Waals surface area contributed by atoms with E-state index in [1.807, 2.05) is 24.3 Å². The Hall–Kier alpha value is -2.00. The van der Waals surface area contributed by atoms with Gasteiger partial charge >= 0.3 is 194 Å². The van der Waals surface area contributed by atoms with Crippen molar-refractivity contribution in [2.45, 2.75) is 6.16 Å². The number of hydrogen-bond acceptors (Lipinski definition) is 2. The van der Waals surface area contributed by atoms with Gasteiger partial charge in [0.15, 0.2) is 0 Å². The quantitative estimate of drug-likeness (QED) is 0.158. The molecule has 152 valence electrons. The fourth-order valence-corrected chi connectivity index (χ4v) is 11.7. The number of furan rings is 1. The Morgan fingerprint density at radius 2 is 1.20 bits per heavy atom. The first-order chi connectivity index (χ1) is 14.6. The monoisotopic (exact) mass is 542 g/mol. The molecule has 0 unspecified atom stereocenters. The number of halogens is 2. The molecule has 0 aliphatic heterocycles. The van der Waals surface area contributed by atoms with Crippen LogP contribution in [0.25, 0.3) is 0 Å². The number of rotatable bonds is 7. The molecule has 2 nitrogen and oxygen atoms in total. The van der Waals surface area contributed by atoms with Crippen LogP contribution in [0.4, 0.5) is 0 Å². The Bertz CT molecular complexity index is 1040. The topological polar surface area (TPSA) is 30.2 Å². The molecule has 4 aromatic rings. The summed E-state index contributed by atoms with van der Waals surface area (Å²) in [7, 11) is 0. The van der Waals surface area contributed by atoms with Gasteiger partial charge in [-0.3, -0.25) is 0 Å². The fourth-order valence-electron chi connectivity index (χ4n) is 3.92. The van der Waals surface area contributed by atoms with Crippen LogP contribution in [0.3, 0.4) is 0 Å². The van der Waals surface area contributed by atoms with Gasteiger partial charge in [-0.1, -0.05) is 0 Å². The van der Waals surface area contributed by atoms with E-state index in [-0.39, 0.29) is 11.1 Å². The van der Waals surface area contributed by atoms with Crippen molar-refractivity contribution in [2.24, 2.45) is 0 Å². The van der Waals surface area contributed by atoms with E-state index in [1.165, 1.54) is 15.9 Å². The molecule has 0 spiro atoms. The van der Waals surface area contributed by atoms with Crippen molar-refractivity contribution in [1.82, 2.24) is 0 Å². The molecule has 0 aliphatic carbocycles. The van der Waals surface area contributed by atoms with Gasteiger partial charge in [0.1, 0.15) is 0 Å². The summed E-state index contributed by atoms with van der Waals surface area (Å²) in [5.41, 5.74) is 0.591. The Morgan fingerprint density at radius 3 is 1.60 bits per heavy atom. The van der Waals surface area contributed by atoms with Gasteiger partial charge in [-0.2, -0.15) is 0 Å². The predicted molar refractivity (Wildman–Crippen MR) is 135 cm³/mol. The minimum absolute atomic E-state index is 0.0130. The van der Waals surface area contributed by atoms with Crippen LogP contribution in [0.2, 0.25) is 0 Å². The molecule has 5 heteroatoms. The average Bonchev–Trinajstić information content (AvgIpc) is 3.28. The molecular formula is C25H21Br2O2P. The van der Waals surface area contributed by atoms with Crippen molar-refractivity contribution < 1.29 is 9.21 Å². The van der Waals surface area contributed by atoms with Gasteiger partial charge in [0.25, 0.3) is 0 Å². The Kier molecular flexibility index (Phi) is 6.11. The third-order valence-corrected chi connectivity index (χ3v) is 15.4. The Labute approximate surface area is 193 Å². The Morgan fingerprint density at radius 1 is 0.767 bits per heavy atom. The van der Waals surface area contributed by atoms with Crippen molar-refractivity contribution >= 4 is 58.4 Å². The van der Waals surface area contributed by atoms with Crippen LogP contribution < -0.4 is 15.9 Å². The maximum atomic E-state index is 12.2. The van der Waals surface area contributed by atoms with E-state index in [9.17, 15) is 4.79 Å². The number of carbonyl (C=O) groups is 1. The van der Waals surface area contributed by atoms with Crippen LogP contribution in [-0.4, -0.2) is 11.1 Å². The summed E-state index contributed by atoms with van der Waals surface area (Å²) in [6.07, 6.45) is 2.19. The average molecular weight is 544 g/mol. The summed E-state index contributed by atoms with van der Waals surface area (Å²) in [5.74, 6) is 0.796. The number of benzene rings is 3. The molecule has 0 aliphatic rings. The van der Waals surface area contributed by atoms with Gasteiger partial charge in [0.05, 0.1) is 0 Å². The third-order valence-electron chi connectivity index (χ3n) is 5.43. The first-order valence-corrected chi connectivity index (χ1v) is 15.2. The second-order valence-electron chi connectivity index (χ2n) is 7.21. The van der Waals surface area contributed by atoms with Crippen molar-refractivity contribution in [1.29, 1.82) is 0 Å². The molecule has 0 atom stereocenters. The fraction of sp³-hybridized carbons (Fsp3) is 0.0800. The molecule has 0 amide bonds.